The maximum absolute atomic E-state index is 13.8. The van der Waals surface area contributed by atoms with Crippen molar-refractivity contribution < 1.29 is 9.18 Å². The van der Waals surface area contributed by atoms with Gasteiger partial charge in [-0.15, -0.1) is 0 Å². The summed E-state index contributed by atoms with van der Waals surface area (Å²) in [5.74, 6) is -0.480. The summed E-state index contributed by atoms with van der Waals surface area (Å²) >= 11 is 2.99. The minimum Gasteiger partial charge on any atom is -0.334 e. The number of anilines is 2. The van der Waals surface area contributed by atoms with Crippen molar-refractivity contribution in [3.8, 4) is 0 Å². The van der Waals surface area contributed by atoms with Crippen molar-refractivity contribution in [3.05, 3.63) is 100 Å². The van der Waals surface area contributed by atoms with Crippen molar-refractivity contribution in [2.24, 2.45) is 4.99 Å². The summed E-state index contributed by atoms with van der Waals surface area (Å²) in [5.41, 5.74) is 2.78. The van der Waals surface area contributed by atoms with Crippen LogP contribution in [-0.4, -0.2) is 17.6 Å². The van der Waals surface area contributed by atoms with Gasteiger partial charge in [0.05, 0.1) is 17.4 Å². The van der Waals surface area contributed by atoms with E-state index in [4.69, 9.17) is 4.99 Å². The van der Waals surface area contributed by atoms with Gasteiger partial charge in [-0.3, -0.25) is 14.7 Å². The molecule has 2 heterocycles. The van der Waals surface area contributed by atoms with Crippen LogP contribution in [0.15, 0.2) is 98.7 Å². The molecular weight excluding hydrogens is 453 g/mol. The fourth-order valence-electron chi connectivity index (χ4n) is 3.90. The Kier molecular flexibility index (Phi) is 6.00. The van der Waals surface area contributed by atoms with Gasteiger partial charge >= 0.3 is 0 Å². The highest BCUT2D eigenvalue weighted by Gasteiger charge is 2.40. The van der Waals surface area contributed by atoms with Gasteiger partial charge in [0.1, 0.15) is 15.8 Å². The van der Waals surface area contributed by atoms with Gasteiger partial charge in [-0.05, 0) is 67.6 Å². The van der Waals surface area contributed by atoms with Crippen molar-refractivity contribution >= 4 is 46.0 Å². The van der Waals surface area contributed by atoms with Crippen molar-refractivity contribution in [3.63, 3.8) is 0 Å². The second-order valence-electron chi connectivity index (χ2n) is 7.67. The van der Waals surface area contributed by atoms with Crippen molar-refractivity contribution in [1.29, 1.82) is 0 Å². The van der Waals surface area contributed by atoms with Crippen LogP contribution in [0.5, 0.6) is 0 Å². The van der Waals surface area contributed by atoms with Gasteiger partial charge in [0.2, 0.25) is 0 Å². The first-order valence-electron chi connectivity index (χ1n) is 10.8. The predicted molar refractivity (Wildman–Crippen MR) is 136 cm³/mol. The second-order valence-corrected chi connectivity index (χ2v) is 9.67. The molecule has 3 aromatic rings. The lowest BCUT2D eigenvalue weighted by Gasteiger charge is -2.19. The number of para-hydroxylation sites is 1. The molecule has 5 rings (SSSR count). The lowest BCUT2D eigenvalue weighted by Crippen LogP contribution is -2.30. The maximum Gasteiger partial charge on any atom is 0.274 e. The molecule has 2 aliphatic heterocycles. The third-order valence-corrected chi connectivity index (χ3v) is 7.93. The molecule has 0 saturated carbocycles. The fraction of sp³-hybridized carbons (Fsp3) is 0.154. The van der Waals surface area contributed by atoms with Crippen molar-refractivity contribution in [2.75, 3.05) is 16.3 Å². The van der Waals surface area contributed by atoms with Crippen LogP contribution in [0.2, 0.25) is 0 Å². The molecule has 0 radical (unpaired) electrons. The summed E-state index contributed by atoms with van der Waals surface area (Å²) in [6.45, 7) is 4.84. The van der Waals surface area contributed by atoms with E-state index in [1.165, 1.54) is 23.9 Å². The average molecular weight is 476 g/mol. The summed E-state index contributed by atoms with van der Waals surface area (Å²) < 4.78 is 13.6. The number of benzene rings is 3. The smallest absolute Gasteiger partial charge is 0.274 e. The predicted octanol–water partition coefficient (Wildman–Crippen LogP) is 6.82. The number of hydrogen-bond acceptors (Lipinski definition) is 5. The van der Waals surface area contributed by atoms with Crippen LogP contribution >= 0.6 is 23.5 Å². The summed E-state index contributed by atoms with van der Waals surface area (Å²) in [7, 11) is 0. The molecular formula is C26H22FN3OS2. The molecule has 0 N–H and O–H groups in total. The topological polar surface area (TPSA) is 35.9 Å². The monoisotopic (exact) mass is 475 g/mol. The van der Waals surface area contributed by atoms with E-state index in [0.717, 1.165) is 27.7 Å². The Balaban J connectivity index is 1.60. The molecule has 1 saturated heterocycles. The zero-order valence-corrected chi connectivity index (χ0v) is 19.9. The molecule has 4 nitrogen and oxygen atoms in total. The van der Waals surface area contributed by atoms with Gasteiger partial charge in [-0.1, -0.05) is 54.2 Å². The maximum atomic E-state index is 13.8. The van der Waals surface area contributed by atoms with Gasteiger partial charge in [0.15, 0.2) is 5.17 Å². The highest BCUT2D eigenvalue weighted by atomic mass is 32.2. The molecule has 0 spiro atoms. The van der Waals surface area contributed by atoms with E-state index in [1.54, 1.807) is 28.8 Å². The number of nitrogens with zero attached hydrogens (tertiary/aromatic N) is 3. The molecule has 0 aliphatic carbocycles. The third-order valence-electron chi connectivity index (χ3n) is 5.57. The Morgan fingerprint density at radius 1 is 0.939 bits per heavy atom. The van der Waals surface area contributed by atoms with Gasteiger partial charge < -0.3 is 4.90 Å². The Labute approximate surface area is 201 Å². The van der Waals surface area contributed by atoms with Gasteiger partial charge in [-0.25, -0.2) is 4.39 Å². The number of halogens is 1. The number of carbonyl (C=O) groups excluding carboxylic acids is 1. The van der Waals surface area contributed by atoms with Gasteiger partial charge in [0.25, 0.3) is 5.91 Å². The van der Waals surface area contributed by atoms with E-state index in [2.05, 4.69) is 24.0 Å². The average Bonchev–Trinajstić information content (AvgIpc) is 3.37. The van der Waals surface area contributed by atoms with E-state index < -0.39 is 0 Å². The number of rotatable bonds is 4. The highest BCUT2D eigenvalue weighted by Crippen LogP contribution is 2.51. The number of hydrogen-bond donors (Lipinski definition) is 0. The minimum atomic E-state index is -0.341. The normalized spacial score (nSPS) is 20.0. The van der Waals surface area contributed by atoms with Crippen LogP contribution in [0, 0.1) is 5.82 Å². The molecule has 0 aromatic heterocycles. The van der Waals surface area contributed by atoms with Crippen LogP contribution in [0.3, 0.4) is 0 Å². The largest absolute Gasteiger partial charge is 0.334 e. The van der Waals surface area contributed by atoms with E-state index in [1.807, 2.05) is 49.4 Å². The van der Waals surface area contributed by atoms with E-state index >= 15 is 0 Å². The van der Waals surface area contributed by atoms with Crippen LogP contribution in [0.4, 0.5) is 15.8 Å². The molecule has 33 heavy (non-hydrogen) atoms. The number of amidine groups is 1. The van der Waals surface area contributed by atoms with Crippen LogP contribution < -0.4 is 9.80 Å². The zero-order chi connectivity index (χ0) is 22.9. The van der Waals surface area contributed by atoms with Crippen LogP contribution in [0.1, 0.15) is 25.5 Å². The van der Waals surface area contributed by atoms with E-state index in [-0.39, 0.29) is 17.8 Å². The van der Waals surface area contributed by atoms with Crippen molar-refractivity contribution in [1.82, 2.24) is 0 Å². The number of aliphatic imine (C=N–C) groups is 1. The molecule has 0 unspecified atom stereocenters. The summed E-state index contributed by atoms with van der Waals surface area (Å²) in [5, 5.41) is 1.51. The number of carbonyl (C=O) groups is 1. The first-order chi connectivity index (χ1) is 16.1. The number of amides is 1. The summed E-state index contributed by atoms with van der Waals surface area (Å²) in [6, 6.07) is 24.0. The molecule has 7 heteroatoms. The minimum absolute atomic E-state index is 0.135. The SMILES string of the molecule is CCN1/C(=C2/SC(=N[C@H](C)c3ccccc3)N(c3ccc(F)cc3)C2=O)Sc2ccccc21. The number of fused-ring (bicyclic) bond motifs is 1. The first kappa shape index (κ1) is 21.8. The summed E-state index contributed by atoms with van der Waals surface area (Å²) in [4.78, 5) is 24.2. The lowest BCUT2D eigenvalue weighted by atomic mass is 10.1. The second kappa shape index (κ2) is 9.08. The Bertz CT molecular complexity index is 1260. The zero-order valence-electron chi connectivity index (χ0n) is 18.2. The molecule has 1 amide bonds. The van der Waals surface area contributed by atoms with E-state index in [0.29, 0.717) is 15.8 Å². The number of thioether (sulfide) groups is 2. The Morgan fingerprint density at radius 2 is 1.64 bits per heavy atom. The van der Waals surface area contributed by atoms with Gasteiger partial charge in [-0.2, -0.15) is 0 Å². The molecule has 3 aromatic carbocycles. The molecule has 2 aliphatic rings. The fourth-order valence-corrected chi connectivity index (χ4v) is 6.35. The van der Waals surface area contributed by atoms with E-state index in [9.17, 15) is 9.18 Å². The molecule has 166 valence electrons. The van der Waals surface area contributed by atoms with Crippen molar-refractivity contribution in [2.45, 2.75) is 24.8 Å². The Morgan fingerprint density at radius 3 is 2.36 bits per heavy atom. The first-order valence-corrected chi connectivity index (χ1v) is 12.4. The third kappa shape index (κ3) is 4.07. The van der Waals surface area contributed by atoms with Gasteiger partial charge in [0, 0.05) is 11.4 Å². The van der Waals surface area contributed by atoms with Crippen LogP contribution in [0.25, 0.3) is 0 Å². The molecule has 1 fully saturated rings. The standard InChI is InChI=1S/C26H22FN3OS2/c1-3-29-21-11-7-8-12-22(21)32-25(29)23-24(31)30(20-15-13-19(27)14-16-20)26(33-23)28-17(2)18-9-5-4-6-10-18/h4-17H,3H2,1-2H3/b25-23-,28-26?/t17-/m1/s1. The summed E-state index contributed by atoms with van der Waals surface area (Å²) in [6.07, 6.45) is 0. The lowest BCUT2D eigenvalue weighted by molar-refractivity contribution is -0.113. The molecule has 1 atom stereocenters. The van der Waals surface area contributed by atoms with Crippen LogP contribution in [-0.2, 0) is 4.79 Å². The Hall–Kier alpha value is -3.03. The molecule has 0 bridgehead atoms. The highest BCUT2D eigenvalue weighted by molar-refractivity contribution is 8.20. The quantitative estimate of drug-likeness (QED) is 0.388.